The van der Waals surface area contributed by atoms with Crippen molar-refractivity contribution in [1.29, 1.82) is 0 Å². The molecule has 0 atom stereocenters. The molecular weight excluding hydrogens is 527 g/mol. The molecule has 5 nitrogen and oxygen atoms in total. The smallest absolute Gasteiger partial charge is 0.335 e. The highest BCUT2D eigenvalue weighted by Gasteiger charge is 2.17. The number of carboxylic acids is 1. The SMILES string of the molecule is O=C(O)c1ccc(CNC(=O)c2cc(-c3ccc(F)cc3)cc3ccn(Cc4cccc(-c5ccccc5)c4)c23)cc1. The summed E-state index contributed by atoms with van der Waals surface area (Å²) >= 11 is 0. The van der Waals surface area contributed by atoms with Crippen LogP contribution in [-0.4, -0.2) is 21.6 Å². The Balaban J connectivity index is 1.36. The molecule has 1 heterocycles. The van der Waals surface area contributed by atoms with Crippen molar-refractivity contribution in [2.75, 3.05) is 0 Å². The molecule has 6 rings (SSSR count). The number of fused-ring (bicyclic) bond motifs is 1. The van der Waals surface area contributed by atoms with E-state index in [0.29, 0.717) is 12.1 Å². The van der Waals surface area contributed by atoms with Gasteiger partial charge in [0.25, 0.3) is 5.91 Å². The normalized spacial score (nSPS) is 11.0. The second-order valence-electron chi connectivity index (χ2n) is 10.2. The van der Waals surface area contributed by atoms with Gasteiger partial charge in [-0.1, -0.05) is 72.8 Å². The summed E-state index contributed by atoms with van der Waals surface area (Å²) < 4.78 is 15.7. The van der Waals surface area contributed by atoms with E-state index >= 15 is 0 Å². The third-order valence-corrected chi connectivity index (χ3v) is 7.32. The molecule has 0 bridgehead atoms. The van der Waals surface area contributed by atoms with Gasteiger partial charge in [-0.25, -0.2) is 9.18 Å². The highest BCUT2D eigenvalue weighted by molar-refractivity contribution is 6.08. The third kappa shape index (κ3) is 5.69. The first kappa shape index (κ1) is 26.7. The van der Waals surface area contributed by atoms with E-state index in [1.54, 1.807) is 24.3 Å². The lowest BCUT2D eigenvalue weighted by atomic mass is 9.99. The summed E-state index contributed by atoms with van der Waals surface area (Å²) in [7, 11) is 0. The van der Waals surface area contributed by atoms with Gasteiger partial charge in [0.2, 0.25) is 0 Å². The van der Waals surface area contributed by atoms with Crippen LogP contribution in [0.1, 0.15) is 31.8 Å². The fraction of sp³-hybridized carbons (Fsp3) is 0.0556. The number of hydrogen-bond donors (Lipinski definition) is 2. The molecule has 0 saturated carbocycles. The number of carbonyl (C=O) groups excluding carboxylic acids is 1. The van der Waals surface area contributed by atoms with E-state index < -0.39 is 5.97 Å². The van der Waals surface area contributed by atoms with Crippen molar-refractivity contribution < 1.29 is 19.1 Å². The molecule has 1 aromatic heterocycles. The number of carbonyl (C=O) groups is 2. The zero-order valence-corrected chi connectivity index (χ0v) is 22.6. The zero-order chi connectivity index (χ0) is 29.1. The summed E-state index contributed by atoms with van der Waals surface area (Å²) in [6, 6.07) is 37.1. The van der Waals surface area contributed by atoms with Crippen LogP contribution in [0.25, 0.3) is 33.2 Å². The van der Waals surface area contributed by atoms with E-state index in [1.807, 2.05) is 48.7 Å². The van der Waals surface area contributed by atoms with E-state index in [-0.39, 0.29) is 23.8 Å². The molecular formula is C36H27FN2O3. The Morgan fingerprint density at radius 2 is 1.40 bits per heavy atom. The van der Waals surface area contributed by atoms with Crippen molar-refractivity contribution in [3.05, 3.63) is 156 Å². The van der Waals surface area contributed by atoms with Crippen LogP contribution in [0.5, 0.6) is 0 Å². The van der Waals surface area contributed by atoms with E-state index in [4.69, 9.17) is 5.11 Å². The molecule has 206 valence electrons. The minimum atomic E-state index is -0.999. The number of nitrogens with zero attached hydrogens (tertiary/aromatic N) is 1. The van der Waals surface area contributed by atoms with Crippen molar-refractivity contribution in [3.8, 4) is 22.3 Å². The van der Waals surface area contributed by atoms with E-state index in [9.17, 15) is 14.0 Å². The Hall–Kier alpha value is -5.49. The van der Waals surface area contributed by atoms with Crippen molar-refractivity contribution in [2.45, 2.75) is 13.1 Å². The van der Waals surface area contributed by atoms with Crippen LogP contribution in [0.4, 0.5) is 4.39 Å². The van der Waals surface area contributed by atoms with Gasteiger partial charge in [-0.15, -0.1) is 0 Å². The Labute approximate surface area is 242 Å². The van der Waals surface area contributed by atoms with Crippen molar-refractivity contribution in [3.63, 3.8) is 0 Å². The second-order valence-corrected chi connectivity index (χ2v) is 10.2. The molecule has 0 fully saturated rings. The van der Waals surface area contributed by atoms with Crippen molar-refractivity contribution in [1.82, 2.24) is 9.88 Å². The molecule has 6 aromatic rings. The predicted molar refractivity (Wildman–Crippen MR) is 163 cm³/mol. The lowest BCUT2D eigenvalue weighted by Gasteiger charge is -2.14. The fourth-order valence-electron chi connectivity index (χ4n) is 5.18. The molecule has 42 heavy (non-hydrogen) atoms. The topological polar surface area (TPSA) is 71.3 Å². The molecule has 1 amide bonds. The van der Waals surface area contributed by atoms with Crippen LogP contribution in [0.15, 0.2) is 128 Å². The Bertz CT molecular complexity index is 1890. The van der Waals surface area contributed by atoms with Crippen LogP contribution in [0.3, 0.4) is 0 Å². The molecule has 5 aromatic carbocycles. The Morgan fingerprint density at radius 1 is 0.690 bits per heavy atom. The molecule has 0 spiro atoms. The molecule has 6 heteroatoms. The number of rotatable bonds is 8. The highest BCUT2D eigenvalue weighted by Crippen LogP contribution is 2.30. The number of benzene rings is 5. The largest absolute Gasteiger partial charge is 0.478 e. The minimum Gasteiger partial charge on any atom is -0.478 e. The first-order chi connectivity index (χ1) is 20.4. The van der Waals surface area contributed by atoms with Gasteiger partial charge < -0.3 is 15.0 Å². The van der Waals surface area contributed by atoms with Crippen LogP contribution >= 0.6 is 0 Å². The van der Waals surface area contributed by atoms with Gasteiger partial charge in [0.05, 0.1) is 16.6 Å². The number of aromatic nitrogens is 1. The molecule has 0 aliphatic rings. The van der Waals surface area contributed by atoms with Crippen LogP contribution in [-0.2, 0) is 13.1 Å². The second kappa shape index (κ2) is 11.6. The molecule has 0 aliphatic carbocycles. The van der Waals surface area contributed by atoms with Gasteiger partial charge in [0, 0.05) is 24.7 Å². The molecule has 0 unspecified atom stereocenters. The number of halogens is 1. The zero-order valence-electron chi connectivity index (χ0n) is 22.6. The summed E-state index contributed by atoms with van der Waals surface area (Å²) in [5.74, 6) is -1.58. The van der Waals surface area contributed by atoms with E-state index in [1.165, 1.54) is 24.3 Å². The van der Waals surface area contributed by atoms with Gasteiger partial charge >= 0.3 is 5.97 Å². The average molecular weight is 555 g/mol. The number of amides is 1. The lowest BCUT2D eigenvalue weighted by molar-refractivity contribution is 0.0696. The summed E-state index contributed by atoms with van der Waals surface area (Å²) in [6.45, 7) is 0.803. The number of aromatic carboxylic acids is 1. The first-order valence-electron chi connectivity index (χ1n) is 13.6. The van der Waals surface area contributed by atoms with Crippen molar-refractivity contribution in [2.24, 2.45) is 0 Å². The maximum Gasteiger partial charge on any atom is 0.335 e. The lowest BCUT2D eigenvalue weighted by Crippen LogP contribution is -2.23. The van der Waals surface area contributed by atoms with Gasteiger partial charge in [0.1, 0.15) is 5.82 Å². The van der Waals surface area contributed by atoms with Gasteiger partial charge in [0.15, 0.2) is 0 Å². The molecule has 2 N–H and O–H groups in total. The summed E-state index contributed by atoms with van der Waals surface area (Å²) in [6.07, 6.45) is 1.98. The summed E-state index contributed by atoms with van der Waals surface area (Å²) in [5.41, 5.74) is 7.24. The molecule has 0 aliphatic heterocycles. The fourth-order valence-corrected chi connectivity index (χ4v) is 5.18. The standard InChI is InChI=1S/C36H27FN2O3/c37-32-15-13-27(14-16-32)31-20-30-17-18-39(23-25-5-4-8-29(19-25)26-6-2-1-3-7-26)34(30)33(21-31)35(40)38-22-24-9-11-28(12-10-24)36(41)42/h1-21H,22-23H2,(H,38,40)(H,41,42). The van der Waals surface area contributed by atoms with E-state index in [0.717, 1.165) is 44.3 Å². The van der Waals surface area contributed by atoms with Crippen LogP contribution < -0.4 is 5.32 Å². The monoisotopic (exact) mass is 554 g/mol. The predicted octanol–water partition coefficient (Wildman–Crippen LogP) is 7.79. The molecule has 0 saturated heterocycles. The Kier molecular flexibility index (Phi) is 7.35. The first-order valence-corrected chi connectivity index (χ1v) is 13.6. The minimum absolute atomic E-state index is 0.188. The quantitative estimate of drug-likeness (QED) is 0.202. The maximum atomic E-state index is 13.7. The summed E-state index contributed by atoms with van der Waals surface area (Å²) in [4.78, 5) is 24.9. The number of nitrogens with one attached hydrogen (secondary N) is 1. The van der Waals surface area contributed by atoms with Gasteiger partial charge in [-0.2, -0.15) is 0 Å². The third-order valence-electron chi connectivity index (χ3n) is 7.32. The molecule has 0 radical (unpaired) electrons. The van der Waals surface area contributed by atoms with Crippen molar-refractivity contribution >= 4 is 22.8 Å². The van der Waals surface area contributed by atoms with Crippen LogP contribution in [0, 0.1) is 5.82 Å². The average Bonchev–Trinajstić information content (AvgIpc) is 3.43. The number of carboxylic acid groups (broad SMARTS) is 1. The van der Waals surface area contributed by atoms with Crippen LogP contribution in [0.2, 0.25) is 0 Å². The van der Waals surface area contributed by atoms with Gasteiger partial charge in [-0.3, -0.25) is 4.79 Å². The number of hydrogen-bond acceptors (Lipinski definition) is 2. The summed E-state index contributed by atoms with van der Waals surface area (Å²) in [5, 5.41) is 13.1. The van der Waals surface area contributed by atoms with Gasteiger partial charge in [-0.05, 0) is 81.9 Å². The van der Waals surface area contributed by atoms with E-state index in [2.05, 4.69) is 40.2 Å². The Morgan fingerprint density at radius 3 is 2.14 bits per heavy atom. The maximum absolute atomic E-state index is 13.7. The highest BCUT2D eigenvalue weighted by atomic mass is 19.1.